The molecule has 29 heavy (non-hydrogen) atoms. The van der Waals surface area contributed by atoms with Gasteiger partial charge in [-0.1, -0.05) is 42.5 Å². The minimum absolute atomic E-state index is 0.0656. The van der Waals surface area contributed by atoms with Crippen molar-refractivity contribution in [1.29, 1.82) is 0 Å². The lowest BCUT2D eigenvalue weighted by atomic mass is 10.1. The number of hydrogen-bond donors (Lipinski definition) is 1. The van der Waals surface area contributed by atoms with Gasteiger partial charge in [-0.05, 0) is 42.3 Å². The smallest absolute Gasteiger partial charge is 0.251 e. The first kappa shape index (κ1) is 18.8. The lowest BCUT2D eigenvalue weighted by molar-refractivity contribution is 0.0949. The zero-order valence-electron chi connectivity index (χ0n) is 15.6. The molecule has 3 aromatic carbocycles. The Morgan fingerprint density at radius 2 is 1.69 bits per heavy atom. The number of aryl methyl sites for hydroxylation is 2. The summed E-state index contributed by atoms with van der Waals surface area (Å²) in [6, 6.07) is 21.0. The summed E-state index contributed by atoms with van der Waals surface area (Å²) in [5.41, 5.74) is 3.11. The van der Waals surface area contributed by atoms with E-state index in [-0.39, 0.29) is 12.1 Å². The van der Waals surface area contributed by atoms with Crippen molar-refractivity contribution in [2.75, 3.05) is 0 Å². The van der Waals surface area contributed by atoms with Crippen molar-refractivity contribution in [3.05, 3.63) is 101 Å². The van der Waals surface area contributed by atoms with Crippen LogP contribution in [0.15, 0.2) is 72.8 Å². The van der Waals surface area contributed by atoms with E-state index in [1.54, 1.807) is 0 Å². The summed E-state index contributed by atoms with van der Waals surface area (Å²) in [6.07, 6.45) is 0.825. The second-order valence-electron chi connectivity index (χ2n) is 6.72. The van der Waals surface area contributed by atoms with Crippen LogP contribution in [0.25, 0.3) is 11.0 Å². The molecule has 1 N–H and O–H groups in total. The molecule has 1 amide bonds. The highest BCUT2D eigenvalue weighted by Gasteiger charge is 2.14. The largest absolute Gasteiger partial charge is 0.345 e. The molecule has 0 bridgehead atoms. The van der Waals surface area contributed by atoms with E-state index in [4.69, 9.17) is 0 Å². The molecule has 0 saturated heterocycles. The monoisotopic (exact) mass is 391 g/mol. The minimum atomic E-state index is -1.05. The van der Waals surface area contributed by atoms with Crippen molar-refractivity contribution >= 4 is 16.9 Å². The van der Waals surface area contributed by atoms with E-state index in [0.717, 1.165) is 29.6 Å². The number of carbonyl (C=O) groups is 1. The molecule has 0 unspecified atom stereocenters. The summed E-state index contributed by atoms with van der Waals surface area (Å²) in [5, 5.41) is 2.75. The SMILES string of the molecule is O=C(NCc1nc2ccccc2n1CCc1ccccc1)c1ccc(F)c(F)c1. The minimum Gasteiger partial charge on any atom is -0.345 e. The number of imidazole rings is 1. The van der Waals surface area contributed by atoms with Gasteiger partial charge in [0.2, 0.25) is 0 Å². The Kier molecular flexibility index (Phi) is 5.33. The van der Waals surface area contributed by atoms with Gasteiger partial charge in [0, 0.05) is 12.1 Å². The standard InChI is InChI=1S/C23H19F2N3O/c24-18-11-10-17(14-19(18)25)23(29)26-15-22-27-20-8-4-5-9-21(20)28(22)13-12-16-6-2-1-3-7-16/h1-11,14H,12-13,15H2,(H,26,29). The van der Waals surface area contributed by atoms with Gasteiger partial charge in [0.1, 0.15) is 5.82 Å². The third-order valence-corrected chi connectivity index (χ3v) is 4.79. The number of hydrogen-bond acceptors (Lipinski definition) is 2. The zero-order chi connectivity index (χ0) is 20.2. The first-order chi connectivity index (χ1) is 14.1. The van der Waals surface area contributed by atoms with E-state index in [1.807, 2.05) is 42.5 Å². The predicted octanol–water partition coefficient (Wildman–Crippen LogP) is 4.49. The molecule has 0 spiro atoms. The Balaban J connectivity index is 1.54. The average Bonchev–Trinajstić information content (AvgIpc) is 3.10. The number of amides is 1. The molecule has 1 heterocycles. The van der Waals surface area contributed by atoms with Gasteiger partial charge >= 0.3 is 0 Å². The maximum atomic E-state index is 13.4. The van der Waals surface area contributed by atoms with Crippen LogP contribution >= 0.6 is 0 Å². The van der Waals surface area contributed by atoms with Crippen molar-refractivity contribution in [3.63, 3.8) is 0 Å². The van der Waals surface area contributed by atoms with Gasteiger partial charge in [-0.3, -0.25) is 4.79 Å². The van der Waals surface area contributed by atoms with Gasteiger partial charge in [0.25, 0.3) is 5.91 Å². The Morgan fingerprint density at radius 3 is 2.48 bits per heavy atom. The zero-order valence-corrected chi connectivity index (χ0v) is 15.6. The van der Waals surface area contributed by atoms with Crippen molar-refractivity contribution in [1.82, 2.24) is 14.9 Å². The molecule has 6 heteroatoms. The molecule has 0 aliphatic carbocycles. The summed E-state index contributed by atoms with van der Waals surface area (Å²) >= 11 is 0. The van der Waals surface area contributed by atoms with Crippen molar-refractivity contribution < 1.29 is 13.6 Å². The maximum Gasteiger partial charge on any atom is 0.251 e. The highest BCUT2D eigenvalue weighted by atomic mass is 19.2. The van der Waals surface area contributed by atoms with Crippen LogP contribution in [-0.4, -0.2) is 15.5 Å². The molecular formula is C23H19F2N3O. The normalized spacial score (nSPS) is 11.0. The van der Waals surface area contributed by atoms with Gasteiger partial charge in [0.05, 0.1) is 17.6 Å². The molecule has 0 radical (unpaired) electrons. The van der Waals surface area contributed by atoms with E-state index in [1.165, 1.54) is 11.6 Å². The van der Waals surface area contributed by atoms with E-state index in [2.05, 4.69) is 27.0 Å². The van der Waals surface area contributed by atoms with E-state index >= 15 is 0 Å². The highest BCUT2D eigenvalue weighted by molar-refractivity contribution is 5.94. The van der Waals surface area contributed by atoms with E-state index in [9.17, 15) is 13.6 Å². The second kappa shape index (κ2) is 8.22. The molecule has 146 valence electrons. The van der Waals surface area contributed by atoms with Crippen LogP contribution in [-0.2, 0) is 19.5 Å². The van der Waals surface area contributed by atoms with Crippen molar-refractivity contribution in [3.8, 4) is 0 Å². The van der Waals surface area contributed by atoms with Crippen LogP contribution in [0, 0.1) is 11.6 Å². The Hall–Kier alpha value is -3.54. The fraction of sp³-hybridized carbons (Fsp3) is 0.130. The second-order valence-corrected chi connectivity index (χ2v) is 6.72. The van der Waals surface area contributed by atoms with Crippen LogP contribution in [0.4, 0.5) is 8.78 Å². The highest BCUT2D eigenvalue weighted by Crippen LogP contribution is 2.17. The van der Waals surface area contributed by atoms with Crippen LogP contribution in [0.1, 0.15) is 21.7 Å². The van der Waals surface area contributed by atoms with Gasteiger partial charge in [-0.15, -0.1) is 0 Å². The number of rotatable bonds is 6. The lowest BCUT2D eigenvalue weighted by Gasteiger charge is -2.11. The van der Waals surface area contributed by atoms with E-state index < -0.39 is 17.5 Å². The van der Waals surface area contributed by atoms with Crippen LogP contribution in [0.3, 0.4) is 0 Å². The fourth-order valence-electron chi connectivity index (χ4n) is 3.29. The van der Waals surface area contributed by atoms with Crippen LogP contribution < -0.4 is 5.32 Å². The number of halogens is 2. The van der Waals surface area contributed by atoms with Gasteiger partial charge in [0.15, 0.2) is 11.6 Å². The Bertz CT molecular complexity index is 1160. The molecule has 0 fully saturated rings. The number of nitrogens with one attached hydrogen (secondary N) is 1. The van der Waals surface area contributed by atoms with Crippen LogP contribution in [0.5, 0.6) is 0 Å². The summed E-state index contributed by atoms with van der Waals surface area (Å²) in [4.78, 5) is 17.0. The fourth-order valence-corrected chi connectivity index (χ4v) is 3.29. The molecular weight excluding hydrogens is 372 g/mol. The molecule has 0 aliphatic heterocycles. The maximum absolute atomic E-state index is 13.4. The summed E-state index contributed by atoms with van der Waals surface area (Å²) in [5.74, 6) is -1.80. The molecule has 4 aromatic rings. The quantitative estimate of drug-likeness (QED) is 0.527. The van der Waals surface area contributed by atoms with Gasteiger partial charge in [-0.2, -0.15) is 0 Å². The number of nitrogens with zero attached hydrogens (tertiary/aromatic N) is 2. The summed E-state index contributed by atoms with van der Waals surface area (Å²) in [7, 11) is 0. The molecule has 4 nitrogen and oxygen atoms in total. The molecule has 0 saturated carbocycles. The molecule has 0 atom stereocenters. The van der Waals surface area contributed by atoms with E-state index in [0.29, 0.717) is 12.4 Å². The Labute approximate surface area is 166 Å². The average molecular weight is 391 g/mol. The van der Waals surface area contributed by atoms with Crippen molar-refractivity contribution in [2.45, 2.75) is 19.5 Å². The summed E-state index contributed by atoms with van der Waals surface area (Å²) < 4.78 is 28.6. The van der Waals surface area contributed by atoms with Crippen molar-refractivity contribution in [2.24, 2.45) is 0 Å². The number of aromatic nitrogens is 2. The molecule has 1 aromatic heterocycles. The predicted molar refractivity (Wildman–Crippen MR) is 107 cm³/mol. The van der Waals surface area contributed by atoms with Gasteiger partial charge in [-0.25, -0.2) is 13.8 Å². The number of benzene rings is 3. The number of fused-ring (bicyclic) bond motifs is 1. The van der Waals surface area contributed by atoms with Gasteiger partial charge < -0.3 is 9.88 Å². The lowest BCUT2D eigenvalue weighted by Crippen LogP contribution is -2.25. The third-order valence-electron chi connectivity index (χ3n) is 4.79. The molecule has 4 rings (SSSR count). The number of para-hydroxylation sites is 2. The third kappa shape index (κ3) is 4.16. The molecule has 0 aliphatic rings. The number of carbonyl (C=O) groups excluding carboxylic acids is 1. The first-order valence-corrected chi connectivity index (χ1v) is 9.33. The first-order valence-electron chi connectivity index (χ1n) is 9.33. The topological polar surface area (TPSA) is 46.9 Å². The van der Waals surface area contributed by atoms with Crippen LogP contribution in [0.2, 0.25) is 0 Å². The Morgan fingerprint density at radius 1 is 0.931 bits per heavy atom. The summed E-state index contributed by atoms with van der Waals surface area (Å²) in [6.45, 7) is 0.891.